The molecule has 1 saturated heterocycles. The first kappa shape index (κ1) is 15.4. The topological polar surface area (TPSA) is 58.6 Å². The summed E-state index contributed by atoms with van der Waals surface area (Å²) in [5.41, 5.74) is 2.26. The number of rotatable bonds is 5. The third-order valence-electron chi connectivity index (χ3n) is 3.73. The molecule has 0 aromatic heterocycles. The monoisotopic (exact) mass is 290 g/mol. The highest BCUT2D eigenvalue weighted by atomic mass is 16.6. The summed E-state index contributed by atoms with van der Waals surface area (Å²) in [4.78, 5) is 24.9. The SMILES string of the molecule is Cc1ccc(OC(=O)NCCCN2CCCC2=O)cc1C. The Morgan fingerprint density at radius 1 is 1.33 bits per heavy atom. The van der Waals surface area contributed by atoms with E-state index in [0.717, 1.165) is 30.5 Å². The molecule has 1 fully saturated rings. The zero-order chi connectivity index (χ0) is 15.2. The molecular formula is C16H22N2O3. The minimum atomic E-state index is -0.453. The van der Waals surface area contributed by atoms with E-state index in [2.05, 4.69) is 5.32 Å². The van der Waals surface area contributed by atoms with Gasteiger partial charge in [-0.1, -0.05) is 6.07 Å². The molecule has 1 aliphatic heterocycles. The van der Waals surface area contributed by atoms with Crippen LogP contribution in [0.3, 0.4) is 0 Å². The molecule has 0 bridgehead atoms. The van der Waals surface area contributed by atoms with Crippen molar-refractivity contribution in [1.82, 2.24) is 10.2 Å². The molecular weight excluding hydrogens is 268 g/mol. The van der Waals surface area contributed by atoms with Crippen LogP contribution in [0.1, 0.15) is 30.4 Å². The number of hydrogen-bond acceptors (Lipinski definition) is 3. The molecule has 5 nitrogen and oxygen atoms in total. The lowest BCUT2D eigenvalue weighted by Crippen LogP contribution is -2.32. The summed E-state index contributed by atoms with van der Waals surface area (Å²) in [7, 11) is 0. The van der Waals surface area contributed by atoms with E-state index in [0.29, 0.717) is 25.3 Å². The Morgan fingerprint density at radius 3 is 2.81 bits per heavy atom. The lowest BCUT2D eigenvalue weighted by Gasteiger charge is -2.15. The minimum absolute atomic E-state index is 0.215. The number of benzene rings is 1. The van der Waals surface area contributed by atoms with Gasteiger partial charge in [0.15, 0.2) is 0 Å². The van der Waals surface area contributed by atoms with Gasteiger partial charge in [0.2, 0.25) is 5.91 Å². The van der Waals surface area contributed by atoms with Crippen molar-refractivity contribution < 1.29 is 14.3 Å². The molecule has 0 atom stereocenters. The molecule has 21 heavy (non-hydrogen) atoms. The van der Waals surface area contributed by atoms with Crippen LogP contribution in [0.4, 0.5) is 4.79 Å². The van der Waals surface area contributed by atoms with Gasteiger partial charge in [0.25, 0.3) is 0 Å². The Balaban J connectivity index is 1.67. The summed E-state index contributed by atoms with van der Waals surface area (Å²) in [6.45, 7) is 6.04. The van der Waals surface area contributed by atoms with E-state index in [1.54, 1.807) is 6.07 Å². The number of amides is 2. The second-order valence-corrected chi connectivity index (χ2v) is 5.40. The fraction of sp³-hybridized carbons (Fsp3) is 0.500. The first-order valence-corrected chi connectivity index (χ1v) is 7.37. The van der Waals surface area contributed by atoms with Crippen LogP contribution in [0.5, 0.6) is 5.75 Å². The smallest absolute Gasteiger partial charge is 0.410 e. The average molecular weight is 290 g/mol. The summed E-state index contributed by atoms with van der Waals surface area (Å²) >= 11 is 0. The van der Waals surface area contributed by atoms with Crippen LogP contribution in [-0.4, -0.2) is 36.5 Å². The second kappa shape index (κ2) is 7.11. The summed E-state index contributed by atoms with van der Waals surface area (Å²) in [6.07, 6.45) is 1.89. The lowest BCUT2D eigenvalue weighted by molar-refractivity contribution is -0.127. The van der Waals surface area contributed by atoms with Crippen LogP contribution in [-0.2, 0) is 4.79 Å². The van der Waals surface area contributed by atoms with Crippen molar-refractivity contribution in [1.29, 1.82) is 0 Å². The van der Waals surface area contributed by atoms with Crippen LogP contribution in [0.2, 0.25) is 0 Å². The van der Waals surface area contributed by atoms with Crippen molar-refractivity contribution >= 4 is 12.0 Å². The van der Waals surface area contributed by atoms with E-state index in [4.69, 9.17) is 4.74 Å². The Bertz CT molecular complexity index is 528. The quantitative estimate of drug-likeness (QED) is 0.847. The van der Waals surface area contributed by atoms with Gasteiger partial charge in [-0.25, -0.2) is 4.79 Å². The van der Waals surface area contributed by atoms with Crippen LogP contribution in [0.25, 0.3) is 0 Å². The molecule has 0 unspecified atom stereocenters. The Morgan fingerprint density at radius 2 is 2.14 bits per heavy atom. The van der Waals surface area contributed by atoms with Crippen molar-refractivity contribution in [2.75, 3.05) is 19.6 Å². The predicted octanol–water partition coefficient (Wildman–Crippen LogP) is 2.40. The Kier molecular flexibility index (Phi) is 5.20. The van der Waals surface area contributed by atoms with Gasteiger partial charge in [0.05, 0.1) is 0 Å². The van der Waals surface area contributed by atoms with E-state index < -0.39 is 6.09 Å². The molecule has 1 aliphatic rings. The van der Waals surface area contributed by atoms with Crippen LogP contribution < -0.4 is 10.1 Å². The van der Waals surface area contributed by atoms with Gasteiger partial charge in [-0.2, -0.15) is 0 Å². The minimum Gasteiger partial charge on any atom is -0.410 e. The molecule has 1 aromatic carbocycles. The maximum absolute atomic E-state index is 11.7. The van der Waals surface area contributed by atoms with Gasteiger partial charge in [-0.3, -0.25) is 4.79 Å². The highest BCUT2D eigenvalue weighted by Gasteiger charge is 2.19. The van der Waals surface area contributed by atoms with E-state index in [1.807, 2.05) is 30.9 Å². The summed E-state index contributed by atoms with van der Waals surface area (Å²) in [6, 6.07) is 5.56. The van der Waals surface area contributed by atoms with Crippen molar-refractivity contribution in [3.05, 3.63) is 29.3 Å². The summed E-state index contributed by atoms with van der Waals surface area (Å²) in [5.74, 6) is 0.762. The van der Waals surface area contributed by atoms with Crippen molar-refractivity contribution in [3.63, 3.8) is 0 Å². The number of carbonyl (C=O) groups excluding carboxylic acids is 2. The largest absolute Gasteiger partial charge is 0.412 e. The maximum atomic E-state index is 11.7. The number of ether oxygens (including phenoxy) is 1. The molecule has 2 amide bonds. The van der Waals surface area contributed by atoms with Crippen molar-refractivity contribution in [3.8, 4) is 5.75 Å². The van der Waals surface area contributed by atoms with Gasteiger partial charge < -0.3 is 15.0 Å². The Labute approximate surface area is 125 Å². The van der Waals surface area contributed by atoms with E-state index >= 15 is 0 Å². The van der Waals surface area contributed by atoms with Crippen molar-refractivity contribution in [2.45, 2.75) is 33.1 Å². The van der Waals surface area contributed by atoms with Crippen LogP contribution in [0, 0.1) is 13.8 Å². The molecule has 0 spiro atoms. The third kappa shape index (κ3) is 4.48. The van der Waals surface area contributed by atoms with Gasteiger partial charge in [-0.05, 0) is 49.9 Å². The molecule has 1 N–H and O–H groups in total. The molecule has 1 aromatic rings. The third-order valence-corrected chi connectivity index (χ3v) is 3.73. The molecule has 5 heteroatoms. The van der Waals surface area contributed by atoms with Gasteiger partial charge in [-0.15, -0.1) is 0 Å². The molecule has 2 rings (SSSR count). The van der Waals surface area contributed by atoms with Gasteiger partial charge >= 0.3 is 6.09 Å². The first-order valence-electron chi connectivity index (χ1n) is 7.37. The van der Waals surface area contributed by atoms with Gasteiger partial charge in [0, 0.05) is 26.1 Å². The molecule has 0 radical (unpaired) electrons. The highest BCUT2D eigenvalue weighted by Crippen LogP contribution is 2.16. The maximum Gasteiger partial charge on any atom is 0.412 e. The average Bonchev–Trinajstić information content (AvgIpc) is 2.85. The van der Waals surface area contributed by atoms with E-state index in [9.17, 15) is 9.59 Å². The highest BCUT2D eigenvalue weighted by molar-refractivity contribution is 5.78. The number of nitrogens with one attached hydrogen (secondary N) is 1. The molecule has 0 aliphatic carbocycles. The summed E-state index contributed by atoms with van der Waals surface area (Å²) in [5, 5.41) is 2.70. The molecule has 0 saturated carbocycles. The molecule has 114 valence electrons. The fourth-order valence-corrected chi connectivity index (χ4v) is 2.32. The Hall–Kier alpha value is -2.04. The van der Waals surface area contributed by atoms with Crippen LogP contribution in [0.15, 0.2) is 18.2 Å². The fourth-order valence-electron chi connectivity index (χ4n) is 2.32. The summed E-state index contributed by atoms with van der Waals surface area (Å²) < 4.78 is 5.21. The standard InChI is InChI=1S/C16H22N2O3/c1-12-6-7-14(11-13(12)2)21-16(20)17-8-4-10-18-9-3-5-15(18)19/h6-7,11H,3-5,8-10H2,1-2H3,(H,17,20). The van der Waals surface area contributed by atoms with Gasteiger partial charge in [0.1, 0.15) is 5.75 Å². The first-order chi connectivity index (χ1) is 10.1. The van der Waals surface area contributed by atoms with E-state index in [1.165, 1.54) is 0 Å². The number of nitrogens with zero attached hydrogens (tertiary/aromatic N) is 1. The second-order valence-electron chi connectivity index (χ2n) is 5.40. The number of aryl methyl sites for hydroxylation is 2. The van der Waals surface area contributed by atoms with E-state index in [-0.39, 0.29) is 5.91 Å². The lowest BCUT2D eigenvalue weighted by atomic mass is 10.1. The normalized spacial score (nSPS) is 14.4. The van der Waals surface area contributed by atoms with Crippen molar-refractivity contribution in [2.24, 2.45) is 0 Å². The zero-order valence-corrected chi connectivity index (χ0v) is 12.6. The zero-order valence-electron chi connectivity index (χ0n) is 12.6. The van der Waals surface area contributed by atoms with Crippen LogP contribution >= 0.6 is 0 Å². The number of carbonyl (C=O) groups is 2. The number of likely N-dealkylation sites (tertiary alicyclic amines) is 1. The molecule has 1 heterocycles. The number of hydrogen-bond donors (Lipinski definition) is 1. The predicted molar refractivity (Wildman–Crippen MR) is 80.4 cm³/mol.